The average Bonchev–Trinajstić information content (AvgIpc) is 2.77. The van der Waals surface area contributed by atoms with E-state index in [4.69, 9.17) is 16.3 Å². The van der Waals surface area contributed by atoms with Crippen molar-refractivity contribution in [2.75, 3.05) is 40.8 Å². The molecule has 2 aromatic rings. The molecule has 0 amide bonds. The van der Waals surface area contributed by atoms with Gasteiger partial charge >= 0.3 is 0 Å². The molecule has 1 fully saturated rings. The standard InChI is InChI=1S/C23H32ClN5O.HI/c1-25-23(26-13-12-17-6-11-21(24)27-15-17)28-16-19-5-4-14-29(2)22(19)18-7-9-20(30-3)10-8-18;/h6-11,15,19,22H,4-5,12-14,16H2,1-3H3,(H2,25,26,28);1H. The van der Waals surface area contributed by atoms with Crippen LogP contribution in [0.15, 0.2) is 47.6 Å². The summed E-state index contributed by atoms with van der Waals surface area (Å²) >= 11 is 5.85. The molecule has 1 aliphatic rings. The van der Waals surface area contributed by atoms with Crippen molar-refractivity contribution in [1.29, 1.82) is 0 Å². The molecule has 0 spiro atoms. The quantitative estimate of drug-likeness (QED) is 0.232. The Morgan fingerprint density at radius 3 is 2.65 bits per heavy atom. The first kappa shape index (κ1) is 25.7. The Morgan fingerprint density at radius 2 is 2.00 bits per heavy atom. The maximum absolute atomic E-state index is 5.85. The predicted octanol–water partition coefficient (Wildman–Crippen LogP) is 4.15. The number of pyridine rings is 1. The Labute approximate surface area is 207 Å². The van der Waals surface area contributed by atoms with Crippen molar-refractivity contribution < 1.29 is 4.74 Å². The van der Waals surface area contributed by atoms with E-state index in [1.807, 2.05) is 37.5 Å². The Kier molecular flexibility index (Phi) is 10.8. The van der Waals surface area contributed by atoms with E-state index in [2.05, 4.69) is 44.7 Å². The largest absolute Gasteiger partial charge is 0.497 e. The zero-order valence-corrected chi connectivity index (χ0v) is 21.6. The molecule has 1 aliphatic heterocycles. The first-order valence-electron chi connectivity index (χ1n) is 10.5. The number of ether oxygens (including phenoxy) is 1. The van der Waals surface area contributed by atoms with E-state index >= 15 is 0 Å². The van der Waals surface area contributed by atoms with Gasteiger partial charge < -0.3 is 15.4 Å². The molecular weight excluding hydrogens is 525 g/mol. The zero-order chi connectivity index (χ0) is 21.3. The van der Waals surface area contributed by atoms with Gasteiger partial charge in [-0.1, -0.05) is 29.8 Å². The van der Waals surface area contributed by atoms with E-state index in [0.29, 0.717) is 17.1 Å². The van der Waals surface area contributed by atoms with Gasteiger partial charge in [0.25, 0.3) is 0 Å². The van der Waals surface area contributed by atoms with Gasteiger partial charge in [-0.2, -0.15) is 0 Å². The number of guanidine groups is 1. The third-order valence-electron chi connectivity index (χ3n) is 5.71. The van der Waals surface area contributed by atoms with Crippen LogP contribution in [0.25, 0.3) is 0 Å². The molecule has 0 bridgehead atoms. The number of likely N-dealkylation sites (tertiary alicyclic amines) is 1. The molecule has 0 aliphatic carbocycles. The van der Waals surface area contributed by atoms with Gasteiger partial charge in [-0.05, 0) is 68.1 Å². The summed E-state index contributed by atoms with van der Waals surface area (Å²) in [7, 11) is 5.73. The molecule has 6 nitrogen and oxygen atoms in total. The van der Waals surface area contributed by atoms with Gasteiger partial charge in [0.05, 0.1) is 7.11 Å². The number of aliphatic imine (C=N–C) groups is 1. The lowest BCUT2D eigenvalue weighted by Crippen LogP contribution is -2.45. The van der Waals surface area contributed by atoms with Crippen molar-refractivity contribution in [1.82, 2.24) is 20.5 Å². The lowest BCUT2D eigenvalue weighted by molar-refractivity contribution is 0.122. The maximum atomic E-state index is 5.85. The zero-order valence-electron chi connectivity index (χ0n) is 18.5. The first-order chi connectivity index (χ1) is 14.6. The van der Waals surface area contributed by atoms with Crippen LogP contribution in [0.5, 0.6) is 5.75 Å². The molecular formula is C23H33ClIN5O. The van der Waals surface area contributed by atoms with Crippen molar-refractivity contribution in [3.63, 3.8) is 0 Å². The predicted molar refractivity (Wildman–Crippen MR) is 139 cm³/mol. The Hall–Kier alpha value is -1.58. The normalized spacial score (nSPS) is 19.4. The van der Waals surface area contributed by atoms with Gasteiger partial charge in [0.2, 0.25) is 0 Å². The van der Waals surface area contributed by atoms with Crippen LogP contribution in [0, 0.1) is 5.92 Å². The van der Waals surface area contributed by atoms with E-state index in [9.17, 15) is 0 Å². The van der Waals surface area contributed by atoms with Gasteiger partial charge in [0.15, 0.2) is 5.96 Å². The Balaban J connectivity index is 0.00000341. The van der Waals surface area contributed by atoms with E-state index in [1.165, 1.54) is 18.4 Å². The van der Waals surface area contributed by atoms with E-state index in [1.54, 1.807) is 7.11 Å². The molecule has 1 saturated heterocycles. The van der Waals surface area contributed by atoms with Gasteiger partial charge in [0.1, 0.15) is 10.9 Å². The van der Waals surface area contributed by atoms with Crippen molar-refractivity contribution in [3.05, 3.63) is 58.9 Å². The number of aromatic nitrogens is 1. The minimum absolute atomic E-state index is 0. The third-order valence-corrected chi connectivity index (χ3v) is 5.94. The first-order valence-corrected chi connectivity index (χ1v) is 10.9. The highest BCUT2D eigenvalue weighted by atomic mass is 127. The van der Waals surface area contributed by atoms with E-state index < -0.39 is 0 Å². The van der Waals surface area contributed by atoms with Crippen LogP contribution in [0.3, 0.4) is 0 Å². The van der Waals surface area contributed by atoms with Crippen molar-refractivity contribution in [2.24, 2.45) is 10.9 Å². The topological polar surface area (TPSA) is 61.8 Å². The summed E-state index contributed by atoms with van der Waals surface area (Å²) in [4.78, 5) is 11.0. The number of hydrogen-bond acceptors (Lipinski definition) is 4. The molecule has 1 aromatic heterocycles. The number of piperidine rings is 1. The SMILES string of the molecule is CN=C(NCCc1ccc(Cl)nc1)NCC1CCCN(C)C1c1ccc(OC)cc1.I. The molecule has 2 unspecified atom stereocenters. The highest BCUT2D eigenvalue weighted by molar-refractivity contribution is 14.0. The molecule has 2 heterocycles. The number of methoxy groups -OCH3 is 1. The fourth-order valence-electron chi connectivity index (χ4n) is 4.13. The number of halogens is 2. The summed E-state index contributed by atoms with van der Waals surface area (Å²) < 4.78 is 5.32. The summed E-state index contributed by atoms with van der Waals surface area (Å²) in [5, 5.41) is 7.45. The molecule has 0 saturated carbocycles. The maximum Gasteiger partial charge on any atom is 0.190 e. The van der Waals surface area contributed by atoms with Crippen LogP contribution in [0.1, 0.15) is 30.0 Å². The summed E-state index contributed by atoms with van der Waals surface area (Å²) in [6, 6.07) is 12.7. The highest BCUT2D eigenvalue weighted by Gasteiger charge is 2.30. The molecule has 8 heteroatoms. The molecule has 31 heavy (non-hydrogen) atoms. The van der Waals surface area contributed by atoms with E-state index in [-0.39, 0.29) is 24.0 Å². The van der Waals surface area contributed by atoms with Crippen LogP contribution in [0.2, 0.25) is 5.15 Å². The Bertz CT molecular complexity index is 816. The van der Waals surface area contributed by atoms with Gasteiger partial charge in [-0.3, -0.25) is 9.89 Å². The molecule has 1 aromatic carbocycles. The number of rotatable bonds is 7. The van der Waals surface area contributed by atoms with Crippen molar-refractivity contribution in [3.8, 4) is 5.75 Å². The summed E-state index contributed by atoms with van der Waals surface area (Å²) in [6.07, 6.45) is 5.09. The molecule has 0 radical (unpaired) electrons. The van der Waals surface area contributed by atoms with Crippen LogP contribution in [0.4, 0.5) is 0 Å². The van der Waals surface area contributed by atoms with Crippen LogP contribution >= 0.6 is 35.6 Å². The second kappa shape index (κ2) is 13.1. The average molecular weight is 558 g/mol. The molecule has 2 atom stereocenters. The van der Waals surface area contributed by atoms with Crippen molar-refractivity contribution in [2.45, 2.75) is 25.3 Å². The Morgan fingerprint density at radius 1 is 1.23 bits per heavy atom. The van der Waals surface area contributed by atoms with Gasteiger partial charge in [-0.25, -0.2) is 4.98 Å². The molecule has 2 N–H and O–H groups in total. The minimum atomic E-state index is 0. The van der Waals surface area contributed by atoms with Crippen LogP contribution < -0.4 is 15.4 Å². The van der Waals surface area contributed by atoms with Crippen LogP contribution in [-0.2, 0) is 6.42 Å². The number of nitrogens with one attached hydrogen (secondary N) is 2. The van der Waals surface area contributed by atoms with Crippen LogP contribution in [-0.4, -0.2) is 56.7 Å². The summed E-state index contributed by atoms with van der Waals surface area (Å²) in [5.41, 5.74) is 2.49. The van der Waals surface area contributed by atoms with Gasteiger partial charge in [-0.15, -0.1) is 24.0 Å². The lowest BCUT2D eigenvalue weighted by Gasteiger charge is -2.40. The monoisotopic (exact) mass is 557 g/mol. The summed E-state index contributed by atoms with van der Waals surface area (Å²) in [5.74, 6) is 2.24. The fraction of sp³-hybridized carbons (Fsp3) is 0.478. The number of nitrogens with zero attached hydrogens (tertiary/aromatic N) is 3. The lowest BCUT2D eigenvalue weighted by atomic mass is 9.85. The highest BCUT2D eigenvalue weighted by Crippen LogP contribution is 2.35. The van der Waals surface area contributed by atoms with E-state index in [0.717, 1.165) is 43.3 Å². The summed E-state index contributed by atoms with van der Waals surface area (Å²) in [6.45, 7) is 2.79. The molecule has 170 valence electrons. The van der Waals surface area contributed by atoms with Gasteiger partial charge in [0, 0.05) is 32.4 Å². The second-order valence-corrected chi connectivity index (χ2v) is 8.11. The van der Waals surface area contributed by atoms with Crippen molar-refractivity contribution >= 4 is 41.5 Å². The smallest absolute Gasteiger partial charge is 0.190 e. The third kappa shape index (κ3) is 7.50. The number of hydrogen-bond donors (Lipinski definition) is 2. The second-order valence-electron chi connectivity index (χ2n) is 7.72. The minimum Gasteiger partial charge on any atom is -0.497 e. The number of benzene rings is 1. The molecule has 3 rings (SSSR count). The fourth-order valence-corrected chi connectivity index (χ4v) is 4.24.